The van der Waals surface area contributed by atoms with Crippen LogP contribution in [-0.4, -0.2) is 15.2 Å². The third kappa shape index (κ3) is 1.95. The Hall–Kier alpha value is -1.72. The fourth-order valence-electron chi connectivity index (χ4n) is 1.99. The van der Waals surface area contributed by atoms with Crippen molar-refractivity contribution in [3.63, 3.8) is 0 Å². The summed E-state index contributed by atoms with van der Waals surface area (Å²) in [4.78, 5) is 4.38. The molecule has 3 aromatic rings. The van der Waals surface area contributed by atoms with E-state index in [0.29, 0.717) is 10.3 Å². The van der Waals surface area contributed by atoms with Crippen LogP contribution >= 0.6 is 22.9 Å². The number of nitrogens with zero attached hydrogens (tertiary/aromatic N) is 3. The molecule has 19 heavy (non-hydrogen) atoms. The number of nitrogen functional groups attached to an aromatic ring is 1. The van der Waals surface area contributed by atoms with Gasteiger partial charge in [-0.15, -0.1) is 10.2 Å². The van der Waals surface area contributed by atoms with Crippen LogP contribution in [0.1, 0.15) is 11.1 Å². The summed E-state index contributed by atoms with van der Waals surface area (Å²) >= 11 is 7.46. The van der Waals surface area contributed by atoms with E-state index in [-0.39, 0.29) is 0 Å². The summed E-state index contributed by atoms with van der Waals surface area (Å²) in [7, 11) is 0. The summed E-state index contributed by atoms with van der Waals surface area (Å²) < 4.78 is 1.05. The van der Waals surface area contributed by atoms with Gasteiger partial charge in [0.1, 0.15) is 0 Å². The average molecular weight is 291 g/mol. The lowest BCUT2D eigenvalue weighted by Crippen LogP contribution is -1.97. The Morgan fingerprint density at radius 3 is 2.74 bits per heavy atom. The van der Waals surface area contributed by atoms with Crippen molar-refractivity contribution in [1.82, 2.24) is 15.2 Å². The van der Waals surface area contributed by atoms with Crippen molar-refractivity contribution in [1.29, 1.82) is 0 Å². The summed E-state index contributed by atoms with van der Waals surface area (Å²) in [6, 6.07) is 5.95. The molecule has 96 valence electrons. The van der Waals surface area contributed by atoms with E-state index in [0.717, 1.165) is 32.6 Å². The molecule has 1 aromatic carbocycles. The van der Waals surface area contributed by atoms with E-state index in [4.69, 9.17) is 17.3 Å². The molecule has 0 amide bonds. The molecule has 0 fully saturated rings. The van der Waals surface area contributed by atoms with Gasteiger partial charge in [0.05, 0.1) is 15.9 Å². The second-order valence-corrected chi connectivity index (χ2v) is 5.71. The fourth-order valence-corrected chi connectivity index (χ4v) is 2.93. The van der Waals surface area contributed by atoms with Crippen LogP contribution in [0.25, 0.3) is 21.5 Å². The van der Waals surface area contributed by atoms with Crippen molar-refractivity contribution in [2.24, 2.45) is 0 Å². The van der Waals surface area contributed by atoms with Crippen LogP contribution in [0.3, 0.4) is 0 Å². The molecule has 0 spiro atoms. The van der Waals surface area contributed by atoms with E-state index < -0.39 is 0 Å². The maximum Gasteiger partial charge on any atom is 0.181 e. The van der Waals surface area contributed by atoms with Gasteiger partial charge in [0.25, 0.3) is 0 Å². The Morgan fingerprint density at radius 2 is 1.95 bits per heavy atom. The molecule has 0 aliphatic rings. The zero-order valence-corrected chi connectivity index (χ0v) is 12.0. The van der Waals surface area contributed by atoms with Crippen LogP contribution < -0.4 is 5.73 Å². The number of hydrogen-bond donors (Lipinski definition) is 1. The molecule has 0 unspecified atom stereocenters. The molecule has 0 bridgehead atoms. The van der Waals surface area contributed by atoms with Crippen LogP contribution in [0.15, 0.2) is 18.2 Å². The van der Waals surface area contributed by atoms with Gasteiger partial charge in [0.15, 0.2) is 10.3 Å². The summed E-state index contributed by atoms with van der Waals surface area (Å²) in [5.41, 5.74) is 10.3. The maximum atomic E-state index is 5.99. The summed E-state index contributed by atoms with van der Waals surface area (Å²) in [5, 5.41) is 9.19. The monoisotopic (exact) mass is 290 g/mol. The minimum atomic E-state index is 0.436. The molecule has 2 heterocycles. The first-order valence-electron chi connectivity index (χ1n) is 5.72. The molecule has 2 aromatic heterocycles. The Bertz CT molecular complexity index is 782. The normalized spacial score (nSPS) is 11.1. The number of aromatic nitrogens is 3. The van der Waals surface area contributed by atoms with E-state index in [1.165, 1.54) is 11.3 Å². The highest BCUT2D eigenvalue weighted by Gasteiger charge is 2.14. The standard InChI is InChI=1S/C13H11ClN4S/c1-6-7(2)12(14)18-17-10(6)8-4-3-5-9-11(8)16-13(15)19-9/h3-5H,1-2H3,(H2,15,16). The molecule has 0 aliphatic carbocycles. The lowest BCUT2D eigenvalue weighted by atomic mass is 10.0. The molecule has 0 aliphatic heterocycles. The van der Waals surface area contributed by atoms with Crippen LogP contribution in [0.4, 0.5) is 5.13 Å². The zero-order chi connectivity index (χ0) is 13.6. The van der Waals surface area contributed by atoms with E-state index in [1.807, 2.05) is 32.0 Å². The number of fused-ring (bicyclic) bond motifs is 1. The number of halogens is 1. The summed E-state index contributed by atoms with van der Waals surface area (Å²) in [5.74, 6) is 0. The number of anilines is 1. The number of nitrogens with two attached hydrogens (primary N) is 1. The molecular weight excluding hydrogens is 280 g/mol. The highest BCUT2D eigenvalue weighted by molar-refractivity contribution is 7.22. The van der Waals surface area contributed by atoms with Gasteiger partial charge in [-0.3, -0.25) is 0 Å². The van der Waals surface area contributed by atoms with Crippen LogP contribution in [0.2, 0.25) is 5.15 Å². The van der Waals surface area contributed by atoms with Gasteiger partial charge in [-0.25, -0.2) is 4.98 Å². The predicted octanol–water partition coefficient (Wildman–Crippen LogP) is 3.61. The van der Waals surface area contributed by atoms with E-state index >= 15 is 0 Å². The van der Waals surface area contributed by atoms with E-state index in [2.05, 4.69) is 15.2 Å². The van der Waals surface area contributed by atoms with Gasteiger partial charge in [-0.1, -0.05) is 35.1 Å². The number of rotatable bonds is 1. The Balaban J connectivity index is 2.33. The molecule has 0 radical (unpaired) electrons. The number of hydrogen-bond acceptors (Lipinski definition) is 5. The predicted molar refractivity (Wildman–Crippen MR) is 79.5 cm³/mol. The molecule has 0 saturated carbocycles. The Morgan fingerprint density at radius 1 is 1.16 bits per heavy atom. The SMILES string of the molecule is Cc1c(Cl)nnc(-c2cccc3sc(N)nc23)c1C. The maximum absolute atomic E-state index is 5.99. The van der Waals surface area contributed by atoms with Gasteiger partial charge in [-0.2, -0.15) is 0 Å². The van der Waals surface area contributed by atoms with Crippen molar-refractivity contribution < 1.29 is 0 Å². The van der Waals surface area contributed by atoms with Crippen molar-refractivity contribution in [3.05, 3.63) is 34.5 Å². The first-order chi connectivity index (χ1) is 9.08. The largest absolute Gasteiger partial charge is 0.375 e. The quantitative estimate of drug-likeness (QED) is 0.743. The van der Waals surface area contributed by atoms with Crippen LogP contribution in [0, 0.1) is 13.8 Å². The van der Waals surface area contributed by atoms with Crippen molar-refractivity contribution >= 4 is 38.3 Å². The zero-order valence-electron chi connectivity index (χ0n) is 10.4. The highest BCUT2D eigenvalue weighted by atomic mass is 35.5. The number of benzene rings is 1. The van der Waals surface area contributed by atoms with Crippen LogP contribution in [-0.2, 0) is 0 Å². The first kappa shape index (κ1) is 12.3. The third-order valence-corrected chi connectivity index (χ3v) is 4.36. The second kappa shape index (κ2) is 4.43. The lowest BCUT2D eigenvalue weighted by Gasteiger charge is -2.08. The van der Waals surface area contributed by atoms with Gasteiger partial charge >= 0.3 is 0 Å². The topological polar surface area (TPSA) is 64.7 Å². The highest BCUT2D eigenvalue weighted by Crippen LogP contribution is 2.34. The molecule has 2 N–H and O–H groups in total. The van der Waals surface area contributed by atoms with E-state index in [1.54, 1.807) is 0 Å². The number of para-hydroxylation sites is 1. The third-order valence-electron chi connectivity index (χ3n) is 3.16. The fraction of sp³-hybridized carbons (Fsp3) is 0.154. The Labute approximate surface area is 119 Å². The summed E-state index contributed by atoms with van der Waals surface area (Å²) in [6.45, 7) is 3.92. The number of thiazole rings is 1. The molecule has 6 heteroatoms. The van der Waals surface area contributed by atoms with Crippen molar-refractivity contribution in [2.75, 3.05) is 5.73 Å². The molecular formula is C13H11ClN4S. The van der Waals surface area contributed by atoms with Crippen LogP contribution in [0.5, 0.6) is 0 Å². The molecule has 3 rings (SSSR count). The Kier molecular flexibility index (Phi) is 2.88. The second-order valence-electron chi connectivity index (χ2n) is 4.29. The molecule has 0 saturated heterocycles. The smallest absolute Gasteiger partial charge is 0.181 e. The molecule has 4 nitrogen and oxygen atoms in total. The first-order valence-corrected chi connectivity index (χ1v) is 6.92. The minimum absolute atomic E-state index is 0.436. The van der Waals surface area contributed by atoms with Gasteiger partial charge in [0.2, 0.25) is 0 Å². The van der Waals surface area contributed by atoms with Crippen molar-refractivity contribution in [3.8, 4) is 11.3 Å². The average Bonchev–Trinajstić information content (AvgIpc) is 2.76. The van der Waals surface area contributed by atoms with Gasteiger partial charge in [0, 0.05) is 5.56 Å². The van der Waals surface area contributed by atoms with Crippen molar-refractivity contribution in [2.45, 2.75) is 13.8 Å². The minimum Gasteiger partial charge on any atom is -0.375 e. The van der Waals surface area contributed by atoms with E-state index in [9.17, 15) is 0 Å². The lowest BCUT2D eigenvalue weighted by molar-refractivity contribution is 1.00. The van der Waals surface area contributed by atoms with Gasteiger partial charge < -0.3 is 5.73 Å². The van der Waals surface area contributed by atoms with Gasteiger partial charge in [-0.05, 0) is 31.0 Å². The molecule has 0 atom stereocenters. The summed E-state index contributed by atoms with van der Waals surface area (Å²) in [6.07, 6.45) is 0.